The van der Waals surface area contributed by atoms with Crippen molar-refractivity contribution in [2.75, 3.05) is 4.90 Å². The van der Waals surface area contributed by atoms with Crippen molar-refractivity contribution in [3.8, 4) is 22.3 Å². The fourth-order valence-corrected chi connectivity index (χ4v) is 8.05. The first-order valence-electron chi connectivity index (χ1n) is 17.3. The Kier molecular flexibility index (Phi) is 5.96. The van der Waals surface area contributed by atoms with Crippen molar-refractivity contribution < 1.29 is 8.83 Å². The molecule has 51 heavy (non-hydrogen) atoms. The molecule has 1 aliphatic rings. The number of furan rings is 2. The second-order valence-corrected chi connectivity index (χ2v) is 13.3. The molecule has 0 N–H and O–H groups in total. The van der Waals surface area contributed by atoms with Gasteiger partial charge in [-0.15, -0.1) is 0 Å². The number of fused-ring (bicyclic) bond motifs is 6. The van der Waals surface area contributed by atoms with E-state index in [4.69, 9.17) is 8.83 Å². The van der Waals surface area contributed by atoms with Gasteiger partial charge in [0.2, 0.25) is 0 Å². The zero-order valence-electron chi connectivity index (χ0n) is 27.5. The Morgan fingerprint density at radius 1 is 0.333 bits per heavy atom. The molecule has 0 aliphatic heterocycles. The summed E-state index contributed by atoms with van der Waals surface area (Å²) in [7, 11) is 0. The van der Waals surface area contributed by atoms with E-state index in [1.165, 1.54) is 44.2 Å². The van der Waals surface area contributed by atoms with E-state index in [0.717, 1.165) is 60.9 Å². The first kappa shape index (κ1) is 28.0. The maximum atomic E-state index is 6.36. The summed E-state index contributed by atoms with van der Waals surface area (Å²) in [5.41, 5.74) is 14.0. The van der Waals surface area contributed by atoms with Crippen molar-refractivity contribution in [1.29, 1.82) is 0 Å². The topological polar surface area (TPSA) is 29.5 Å². The van der Waals surface area contributed by atoms with Gasteiger partial charge >= 0.3 is 0 Å². The average molecular weight is 652 g/mol. The van der Waals surface area contributed by atoms with Gasteiger partial charge < -0.3 is 13.7 Å². The van der Waals surface area contributed by atoms with E-state index in [-0.39, 0.29) is 0 Å². The summed E-state index contributed by atoms with van der Waals surface area (Å²) >= 11 is 0. The Bertz CT molecular complexity index is 2890. The molecular formula is C48H29NO2. The summed E-state index contributed by atoms with van der Waals surface area (Å²) in [5.74, 6) is 0. The molecule has 0 bridgehead atoms. The second-order valence-electron chi connectivity index (χ2n) is 13.3. The van der Waals surface area contributed by atoms with Crippen molar-refractivity contribution in [2.24, 2.45) is 0 Å². The lowest BCUT2D eigenvalue weighted by atomic mass is 9.89. The average Bonchev–Trinajstić information content (AvgIpc) is 3.89. The van der Waals surface area contributed by atoms with Crippen LogP contribution in [0.15, 0.2) is 173 Å². The van der Waals surface area contributed by atoms with E-state index in [2.05, 4.69) is 157 Å². The number of hydrogen-bond acceptors (Lipinski definition) is 3. The van der Waals surface area contributed by atoms with Gasteiger partial charge in [-0.1, -0.05) is 115 Å². The normalized spacial score (nSPS) is 12.2. The molecule has 238 valence electrons. The minimum absolute atomic E-state index is 0.857. The second kappa shape index (κ2) is 10.8. The van der Waals surface area contributed by atoms with Crippen LogP contribution in [0.5, 0.6) is 0 Å². The molecule has 8 aromatic carbocycles. The van der Waals surface area contributed by atoms with Gasteiger partial charge in [-0.25, -0.2) is 0 Å². The quantitative estimate of drug-likeness (QED) is 0.185. The van der Waals surface area contributed by atoms with Crippen molar-refractivity contribution in [1.82, 2.24) is 0 Å². The predicted octanol–water partition coefficient (Wildman–Crippen LogP) is 13.9. The molecule has 0 radical (unpaired) electrons. The van der Waals surface area contributed by atoms with Gasteiger partial charge in [0, 0.05) is 50.7 Å². The van der Waals surface area contributed by atoms with Gasteiger partial charge in [0.15, 0.2) is 0 Å². The smallest absolute Gasteiger partial charge is 0.137 e. The molecule has 3 heteroatoms. The molecule has 0 spiro atoms. The third-order valence-electron chi connectivity index (χ3n) is 10.4. The van der Waals surface area contributed by atoms with E-state index < -0.39 is 0 Å². The monoisotopic (exact) mass is 651 g/mol. The fraction of sp³-hybridized carbons (Fsp3) is 0. The van der Waals surface area contributed by atoms with Crippen LogP contribution < -0.4 is 4.90 Å². The zero-order valence-corrected chi connectivity index (χ0v) is 27.5. The van der Waals surface area contributed by atoms with Crippen molar-refractivity contribution in [2.45, 2.75) is 0 Å². The van der Waals surface area contributed by atoms with Gasteiger partial charge in [-0.05, 0) is 92.7 Å². The molecule has 2 heterocycles. The van der Waals surface area contributed by atoms with Crippen LogP contribution in [0.3, 0.4) is 0 Å². The van der Waals surface area contributed by atoms with Crippen LogP contribution in [0.2, 0.25) is 0 Å². The number of para-hydroxylation sites is 2. The van der Waals surface area contributed by atoms with Gasteiger partial charge in [-0.3, -0.25) is 0 Å². The third-order valence-corrected chi connectivity index (χ3v) is 10.4. The summed E-state index contributed by atoms with van der Waals surface area (Å²) in [6.07, 6.45) is 4.46. The highest BCUT2D eigenvalue weighted by molar-refractivity contribution is 6.16. The summed E-state index contributed by atoms with van der Waals surface area (Å²) in [5, 5.41) is 7.05. The molecule has 3 nitrogen and oxygen atoms in total. The number of anilines is 3. The molecule has 11 rings (SSSR count). The van der Waals surface area contributed by atoms with Crippen LogP contribution in [-0.2, 0) is 0 Å². The number of hydrogen-bond donors (Lipinski definition) is 0. The molecule has 1 aliphatic carbocycles. The van der Waals surface area contributed by atoms with Crippen LogP contribution in [0, 0.1) is 0 Å². The molecule has 0 fully saturated rings. The highest BCUT2D eigenvalue weighted by atomic mass is 16.3. The van der Waals surface area contributed by atoms with E-state index in [9.17, 15) is 0 Å². The van der Waals surface area contributed by atoms with Gasteiger partial charge in [0.1, 0.15) is 22.3 Å². The standard InChI is InChI=1S/C48H29NO2/c1-2-8-30(9-3-1)37-24-18-32-14-15-33-19-25-38(48(37)47(32)33)31-16-20-34(21-17-31)49(35-22-26-41-39-10-4-6-12-43(39)50-45(41)28-35)36-23-27-42-40-11-5-7-13-44(40)51-46(42)29-36/h1-29H. The Hall–Kier alpha value is -6.84. The molecule has 0 amide bonds. The third kappa shape index (κ3) is 4.32. The molecule has 0 atom stereocenters. The predicted molar refractivity (Wildman–Crippen MR) is 213 cm³/mol. The maximum Gasteiger partial charge on any atom is 0.137 e. The lowest BCUT2D eigenvalue weighted by Gasteiger charge is -2.26. The lowest BCUT2D eigenvalue weighted by Crippen LogP contribution is -2.09. The van der Waals surface area contributed by atoms with Crippen LogP contribution in [-0.4, -0.2) is 0 Å². The zero-order chi connectivity index (χ0) is 33.5. The number of rotatable bonds is 5. The number of benzene rings is 8. The van der Waals surface area contributed by atoms with Crippen molar-refractivity contribution in [3.63, 3.8) is 0 Å². The maximum absolute atomic E-state index is 6.36. The first-order valence-corrected chi connectivity index (χ1v) is 17.3. The fourth-order valence-electron chi connectivity index (χ4n) is 8.05. The van der Waals surface area contributed by atoms with Gasteiger partial charge in [-0.2, -0.15) is 0 Å². The van der Waals surface area contributed by atoms with E-state index in [1.807, 2.05) is 24.3 Å². The molecule has 10 aromatic rings. The molecule has 0 saturated carbocycles. The Labute approximate surface area is 293 Å². The highest BCUT2D eigenvalue weighted by Gasteiger charge is 2.20. The SMILES string of the molecule is C1=Cc2ccc(-c3ccc(N(c4ccc5c(c4)oc4ccccc45)c4ccc5c(c4)oc4ccccc45)cc3)c3c(-c4ccccc4)ccc1c23. The van der Waals surface area contributed by atoms with Gasteiger partial charge in [0.25, 0.3) is 0 Å². The van der Waals surface area contributed by atoms with E-state index in [0.29, 0.717) is 0 Å². The minimum Gasteiger partial charge on any atom is -0.456 e. The summed E-state index contributed by atoms with van der Waals surface area (Å²) in [6, 6.07) is 58.2. The van der Waals surface area contributed by atoms with Crippen molar-refractivity contribution in [3.05, 3.63) is 175 Å². The van der Waals surface area contributed by atoms with Crippen LogP contribution in [0.25, 0.3) is 89.1 Å². The Balaban J connectivity index is 1.08. The number of nitrogens with zero attached hydrogens (tertiary/aromatic N) is 1. The highest BCUT2D eigenvalue weighted by Crippen LogP contribution is 2.45. The minimum atomic E-state index is 0.857. The largest absolute Gasteiger partial charge is 0.456 e. The molecular weight excluding hydrogens is 623 g/mol. The van der Waals surface area contributed by atoms with Crippen LogP contribution >= 0.6 is 0 Å². The summed E-state index contributed by atoms with van der Waals surface area (Å²) in [6.45, 7) is 0. The molecule has 0 saturated heterocycles. The Morgan fingerprint density at radius 3 is 1.37 bits per heavy atom. The van der Waals surface area contributed by atoms with Crippen LogP contribution in [0.4, 0.5) is 17.1 Å². The summed E-state index contributed by atoms with van der Waals surface area (Å²) < 4.78 is 12.7. The summed E-state index contributed by atoms with van der Waals surface area (Å²) in [4.78, 5) is 2.29. The van der Waals surface area contributed by atoms with Crippen LogP contribution in [0.1, 0.15) is 11.1 Å². The van der Waals surface area contributed by atoms with E-state index in [1.54, 1.807) is 0 Å². The van der Waals surface area contributed by atoms with Crippen molar-refractivity contribution >= 4 is 83.9 Å². The molecule has 0 unspecified atom stereocenters. The van der Waals surface area contributed by atoms with Gasteiger partial charge in [0.05, 0.1) is 0 Å². The lowest BCUT2D eigenvalue weighted by molar-refractivity contribution is 0.669. The Morgan fingerprint density at radius 2 is 0.804 bits per heavy atom. The first-order chi connectivity index (χ1) is 25.3. The van der Waals surface area contributed by atoms with E-state index >= 15 is 0 Å². The molecule has 2 aromatic heterocycles.